The molecule has 3 rings (SSSR count). The van der Waals surface area contributed by atoms with E-state index in [1.165, 1.54) is 0 Å². The van der Waals surface area contributed by atoms with Crippen LogP contribution in [0.3, 0.4) is 0 Å². The number of hydrogen-bond donors (Lipinski definition) is 2. The van der Waals surface area contributed by atoms with Gasteiger partial charge in [0.2, 0.25) is 11.8 Å². The highest BCUT2D eigenvalue weighted by Crippen LogP contribution is 2.40. The number of likely N-dealkylation sites (tertiary alicyclic amines) is 1. The van der Waals surface area contributed by atoms with E-state index in [2.05, 4.69) is 22.5 Å². The third-order valence-electron chi connectivity index (χ3n) is 5.43. The second-order valence-corrected chi connectivity index (χ2v) is 6.88. The molecule has 0 radical (unpaired) electrons. The monoisotopic (exact) mass is 343 g/mol. The van der Waals surface area contributed by atoms with Crippen LogP contribution >= 0.6 is 0 Å². The van der Waals surface area contributed by atoms with E-state index in [1.807, 2.05) is 18.2 Å². The number of nitrogens with zero attached hydrogens (tertiary/aromatic N) is 1. The van der Waals surface area contributed by atoms with Gasteiger partial charge in [-0.25, -0.2) is 4.79 Å². The van der Waals surface area contributed by atoms with E-state index in [0.717, 1.165) is 45.3 Å². The highest BCUT2D eigenvalue weighted by molar-refractivity contribution is 6.23. The van der Waals surface area contributed by atoms with Crippen LogP contribution in [0.4, 0.5) is 4.79 Å². The summed E-state index contributed by atoms with van der Waals surface area (Å²) in [6, 6.07) is 8.38. The number of carbonyl (C=O) groups excluding carboxylic acids is 3. The molecule has 25 heavy (non-hydrogen) atoms. The summed E-state index contributed by atoms with van der Waals surface area (Å²) in [6.07, 6.45) is 3.83. The standard InChI is InChI=1S/C19H25N3O3/c1-2-3-11-22-12-9-15(10-13-22)19(14-7-5-4-6-8-14)16(23)20-18(25)21-17(19)24/h4-8,15H,2-3,9-13H2,1H3,(H2,20,21,23,24,25). The van der Waals surface area contributed by atoms with Crippen molar-refractivity contribution in [3.8, 4) is 0 Å². The molecular formula is C19H25N3O3. The molecule has 2 aliphatic rings. The Morgan fingerprint density at radius 3 is 2.20 bits per heavy atom. The smallest absolute Gasteiger partial charge is 0.303 e. The van der Waals surface area contributed by atoms with Gasteiger partial charge in [0.05, 0.1) is 0 Å². The fourth-order valence-corrected chi connectivity index (χ4v) is 4.08. The van der Waals surface area contributed by atoms with Crippen LogP contribution in [-0.4, -0.2) is 42.4 Å². The van der Waals surface area contributed by atoms with Crippen LogP contribution in [-0.2, 0) is 15.0 Å². The maximum Gasteiger partial charge on any atom is 0.328 e. The number of imide groups is 2. The Morgan fingerprint density at radius 1 is 1.04 bits per heavy atom. The molecule has 1 aromatic carbocycles. The van der Waals surface area contributed by atoms with Gasteiger partial charge in [-0.2, -0.15) is 0 Å². The Hall–Kier alpha value is -2.21. The molecule has 0 aliphatic carbocycles. The first kappa shape index (κ1) is 17.6. The molecule has 2 aliphatic heterocycles. The predicted octanol–water partition coefficient (Wildman–Crippen LogP) is 1.80. The number of nitrogens with one attached hydrogen (secondary N) is 2. The molecule has 1 aromatic rings. The first-order valence-electron chi connectivity index (χ1n) is 9.03. The number of unbranched alkanes of at least 4 members (excludes halogenated alkanes) is 1. The number of hydrogen-bond acceptors (Lipinski definition) is 4. The van der Waals surface area contributed by atoms with Crippen molar-refractivity contribution in [1.82, 2.24) is 15.5 Å². The maximum atomic E-state index is 12.9. The molecule has 2 heterocycles. The minimum Gasteiger partial charge on any atom is -0.303 e. The fraction of sp³-hybridized carbons (Fsp3) is 0.526. The van der Waals surface area contributed by atoms with Gasteiger partial charge < -0.3 is 4.90 Å². The highest BCUT2D eigenvalue weighted by atomic mass is 16.2. The summed E-state index contributed by atoms with van der Waals surface area (Å²) >= 11 is 0. The van der Waals surface area contributed by atoms with E-state index in [4.69, 9.17) is 0 Å². The third kappa shape index (κ3) is 3.18. The van der Waals surface area contributed by atoms with Gasteiger partial charge in [-0.3, -0.25) is 20.2 Å². The van der Waals surface area contributed by atoms with Crippen LogP contribution in [0, 0.1) is 5.92 Å². The Bertz CT molecular complexity index is 631. The summed E-state index contributed by atoms with van der Waals surface area (Å²) in [5, 5.41) is 4.64. The van der Waals surface area contributed by atoms with E-state index in [0.29, 0.717) is 5.56 Å². The number of barbiturate groups is 1. The summed E-state index contributed by atoms with van der Waals surface area (Å²) in [5.41, 5.74) is -0.670. The number of piperidine rings is 1. The molecule has 0 saturated carbocycles. The van der Waals surface area contributed by atoms with Gasteiger partial charge in [0, 0.05) is 0 Å². The summed E-state index contributed by atoms with van der Waals surface area (Å²) in [4.78, 5) is 39.7. The highest BCUT2D eigenvalue weighted by Gasteiger charge is 2.56. The zero-order chi connectivity index (χ0) is 17.9. The summed E-state index contributed by atoms with van der Waals surface area (Å²) in [5.74, 6) is -1.13. The zero-order valence-electron chi connectivity index (χ0n) is 14.6. The minimum absolute atomic E-state index is 0.124. The van der Waals surface area contributed by atoms with Crippen molar-refractivity contribution < 1.29 is 14.4 Å². The Labute approximate surface area is 148 Å². The lowest BCUT2D eigenvalue weighted by Crippen LogP contribution is -2.68. The number of rotatable bonds is 5. The van der Waals surface area contributed by atoms with E-state index in [1.54, 1.807) is 12.1 Å². The van der Waals surface area contributed by atoms with Crippen molar-refractivity contribution in [2.45, 2.75) is 38.0 Å². The molecule has 2 N–H and O–H groups in total. The van der Waals surface area contributed by atoms with Crippen LogP contribution in [0.2, 0.25) is 0 Å². The molecule has 0 spiro atoms. The zero-order valence-corrected chi connectivity index (χ0v) is 14.6. The van der Waals surface area contributed by atoms with Gasteiger partial charge in [0.15, 0.2) is 5.41 Å². The molecule has 134 valence electrons. The molecule has 6 nitrogen and oxygen atoms in total. The van der Waals surface area contributed by atoms with Gasteiger partial charge >= 0.3 is 6.03 Å². The third-order valence-corrected chi connectivity index (χ3v) is 5.43. The molecule has 2 saturated heterocycles. The number of amides is 4. The molecule has 4 amide bonds. The SMILES string of the molecule is CCCCN1CCC(C2(c3ccccc3)C(=O)NC(=O)NC2=O)CC1. The van der Waals surface area contributed by atoms with Crippen LogP contribution in [0.25, 0.3) is 0 Å². The van der Waals surface area contributed by atoms with E-state index >= 15 is 0 Å². The first-order chi connectivity index (χ1) is 12.1. The van der Waals surface area contributed by atoms with Crippen LogP contribution < -0.4 is 10.6 Å². The Balaban J connectivity index is 1.90. The lowest BCUT2D eigenvalue weighted by Gasteiger charge is -2.44. The second-order valence-electron chi connectivity index (χ2n) is 6.88. The molecule has 0 unspecified atom stereocenters. The van der Waals surface area contributed by atoms with Crippen molar-refractivity contribution in [3.63, 3.8) is 0 Å². The average molecular weight is 343 g/mol. The molecule has 0 bridgehead atoms. The van der Waals surface area contributed by atoms with Crippen molar-refractivity contribution in [1.29, 1.82) is 0 Å². The number of carbonyl (C=O) groups is 3. The van der Waals surface area contributed by atoms with Crippen LogP contribution in [0.5, 0.6) is 0 Å². The van der Waals surface area contributed by atoms with Gasteiger partial charge in [-0.1, -0.05) is 43.7 Å². The van der Waals surface area contributed by atoms with Gasteiger partial charge in [0.1, 0.15) is 0 Å². The molecule has 0 atom stereocenters. The van der Waals surface area contributed by atoms with Crippen molar-refractivity contribution in [2.75, 3.05) is 19.6 Å². The summed E-state index contributed by atoms with van der Waals surface area (Å²) in [6.45, 7) is 4.96. The maximum absolute atomic E-state index is 12.9. The first-order valence-corrected chi connectivity index (χ1v) is 9.03. The molecule has 0 aromatic heterocycles. The number of urea groups is 1. The number of benzene rings is 1. The normalized spacial score (nSPS) is 21.7. The van der Waals surface area contributed by atoms with Gasteiger partial charge in [0.25, 0.3) is 0 Å². The Morgan fingerprint density at radius 2 is 1.64 bits per heavy atom. The topological polar surface area (TPSA) is 78.5 Å². The largest absolute Gasteiger partial charge is 0.328 e. The van der Waals surface area contributed by atoms with E-state index < -0.39 is 23.3 Å². The van der Waals surface area contributed by atoms with Crippen molar-refractivity contribution >= 4 is 17.8 Å². The van der Waals surface area contributed by atoms with Crippen LogP contribution in [0.15, 0.2) is 30.3 Å². The van der Waals surface area contributed by atoms with E-state index in [-0.39, 0.29) is 5.92 Å². The molecule has 6 heteroatoms. The second kappa shape index (κ2) is 7.35. The molecular weight excluding hydrogens is 318 g/mol. The minimum atomic E-state index is -1.33. The summed E-state index contributed by atoms with van der Waals surface area (Å²) < 4.78 is 0. The quantitative estimate of drug-likeness (QED) is 0.799. The lowest BCUT2D eigenvalue weighted by atomic mass is 9.64. The van der Waals surface area contributed by atoms with E-state index in [9.17, 15) is 14.4 Å². The molecule has 2 fully saturated rings. The fourth-order valence-electron chi connectivity index (χ4n) is 4.08. The lowest BCUT2D eigenvalue weighted by molar-refractivity contribution is -0.142. The van der Waals surface area contributed by atoms with Crippen LogP contribution in [0.1, 0.15) is 38.2 Å². The predicted molar refractivity (Wildman–Crippen MR) is 93.9 cm³/mol. The summed E-state index contributed by atoms with van der Waals surface area (Å²) in [7, 11) is 0. The van der Waals surface area contributed by atoms with Crippen molar-refractivity contribution in [2.24, 2.45) is 5.92 Å². The Kier molecular flexibility index (Phi) is 5.18. The van der Waals surface area contributed by atoms with Gasteiger partial charge in [-0.15, -0.1) is 0 Å². The average Bonchev–Trinajstić information content (AvgIpc) is 2.61. The van der Waals surface area contributed by atoms with Gasteiger partial charge in [-0.05, 0) is 50.4 Å². The van der Waals surface area contributed by atoms with Crippen molar-refractivity contribution in [3.05, 3.63) is 35.9 Å².